The van der Waals surface area contributed by atoms with Crippen molar-refractivity contribution in [3.05, 3.63) is 70.8 Å². The third-order valence-electron chi connectivity index (χ3n) is 3.47. The number of hydrogen-bond donors (Lipinski definition) is 1. The molecule has 1 atom stereocenters. The first-order valence-electron chi connectivity index (χ1n) is 7.36. The molecule has 0 bridgehead atoms. The van der Waals surface area contributed by atoms with Crippen molar-refractivity contribution in [1.82, 2.24) is 5.16 Å². The summed E-state index contributed by atoms with van der Waals surface area (Å²) in [4.78, 5) is 12.1. The molecule has 3 rings (SSSR count). The van der Waals surface area contributed by atoms with Crippen molar-refractivity contribution in [3.8, 4) is 11.3 Å². The summed E-state index contributed by atoms with van der Waals surface area (Å²) in [5, 5.41) is 6.43. The van der Waals surface area contributed by atoms with E-state index < -0.39 is 6.09 Å². The quantitative estimate of drug-likeness (QED) is 0.650. The van der Waals surface area contributed by atoms with Gasteiger partial charge in [-0.05, 0) is 36.8 Å². The molecule has 24 heavy (non-hydrogen) atoms. The van der Waals surface area contributed by atoms with Crippen molar-refractivity contribution in [2.75, 3.05) is 5.32 Å². The zero-order valence-corrected chi connectivity index (χ0v) is 14.5. The molecular formula is C18H15BrN2O3. The highest BCUT2D eigenvalue weighted by atomic mass is 79.9. The Hall–Kier alpha value is -2.60. The molecule has 0 aliphatic heterocycles. The maximum atomic E-state index is 12.1. The predicted molar refractivity (Wildman–Crippen MR) is 94.6 cm³/mol. The summed E-state index contributed by atoms with van der Waals surface area (Å²) < 4.78 is 11.6. The standard InChI is InChI=1S/C18H15BrN2O3/c1-12(13-5-3-2-4-6-13)23-18(22)21-16-11-20-24-17(16)14-7-9-15(19)10-8-14/h2-12H,1H3,(H,21,22)/t12-/m1/s1. The lowest BCUT2D eigenvalue weighted by molar-refractivity contribution is 0.121. The number of carbonyl (C=O) groups excluding carboxylic acids is 1. The van der Waals surface area contributed by atoms with Gasteiger partial charge in [0.25, 0.3) is 0 Å². The molecule has 1 N–H and O–H groups in total. The van der Waals surface area contributed by atoms with Crippen molar-refractivity contribution in [2.24, 2.45) is 0 Å². The van der Waals surface area contributed by atoms with Crippen LogP contribution in [0.2, 0.25) is 0 Å². The number of hydrogen-bond acceptors (Lipinski definition) is 4. The van der Waals surface area contributed by atoms with Gasteiger partial charge >= 0.3 is 6.09 Å². The van der Waals surface area contributed by atoms with E-state index in [2.05, 4.69) is 26.4 Å². The molecular weight excluding hydrogens is 372 g/mol. The second kappa shape index (κ2) is 7.31. The second-order valence-electron chi connectivity index (χ2n) is 5.16. The Morgan fingerprint density at radius 3 is 2.58 bits per heavy atom. The van der Waals surface area contributed by atoms with Gasteiger partial charge in [0.05, 0.1) is 6.20 Å². The van der Waals surface area contributed by atoms with Crippen LogP contribution in [-0.4, -0.2) is 11.2 Å². The van der Waals surface area contributed by atoms with Gasteiger partial charge < -0.3 is 9.26 Å². The second-order valence-corrected chi connectivity index (χ2v) is 6.07. The van der Waals surface area contributed by atoms with Crippen molar-refractivity contribution in [3.63, 3.8) is 0 Å². The van der Waals surface area contributed by atoms with E-state index in [0.717, 1.165) is 15.6 Å². The van der Waals surface area contributed by atoms with E-state index in [1.807, 2.05) is 61.5 Å². The van der Waals surface area contributed by atoms with E-state index in [1.54, 1.807) is 0 Å². The van der Waals surface area contributed by atoms with Gasteiger partial charge in [0.15, 0.2) is 5.76 Å². The fourth-order valence-corrected chi connectivity index (χ4v) is 2.49. The number of nitrogens with zero attached hydrogens (tertiary/aromatic N) is 1. The van der Waals surface area contributed by atoms with Crippen LogP contribution in [0.15, 0.2) is 69.8 Å². The molecule has 1 amide bonds. The topological polar surface area (TPSA) is 64.4 Å². The van der Waals surface area contributed by atoms with Crippen LogP contribution in [0.4, 0.5) is 10.5 Å². The smallest absolute Gasteiger partial charge is 0.412 e. The zero-order chi connectivity index (χ0) is 16.9. The van der Waals surface area contributed by atoms with Crippen LogP contribution < -0.4 is 5.32 Å². The number of anilines is 1. The first kappa shape index (κ1) is 16.3. The highest BCUT2D eigenvalue weighted by molar-refractivity contribution is 9.10. The lowest BCUT2D eigenvalue weighted by Crippen LogP contribution is -2.16. The molecule has 3 aromatic rings. The molecule has 0 aliphatic carbocycles. The van der Waals surface area contributed by atoms with Crippen molar-refractivity contribution < 1.29 is 14.1 Å². The molecule has 0 fully saturated rings. The van der Waals surface area contributed by atoms with Gasteiger partial charge in [-0.15, -0.1) is 0 Å². The minimum absolute atomic E-state index is 0.359. The molecule has 122 valence electrons. The maximum absolute atomic E-state index is 12.1. The highest BCUT2D eigenvalue weighted by Gasteiger charge is 2.16. The van der Waals surface area contributed by atoms with Gasteiger partial charge in [0.2, 0.25) is 0 Å². The first-order chi connectivity index (χ1) is 11.6. The minimum atomic E-state index is -0.562. The molecule has 0 aliphatic rings. The monoisotopic (exact) mass is 386 g/mol. The van der Waals surface area contributed by atoms with Crippen LogP contribution >= 0.6 is 15.9 Å². The van der Waals surface area contributed by atoms with E-state index in [4.69, 9.17) is 9.26 Å². The van der Waals surface area contributed by atoms with Crippen molar-refractivity contribution in [2.45, 2.75) is 13.0 Å². The van der Waals surface area contributed by atoms with E-state index in [1.165, 1.54) is 6.20 Å². The Morgan fingerprint density at radius 2 is 1.88 bits per heavy atom. The Morgan fingerprint density at radius 1 is 1.17 bits per heavy atom. The highest BCUT2D eigenvalue weighted by Crippen LogP contribution is 2.29. The Kier molecular flexibility index (Phi) is 4.96. The SMILES string of the molecule is C[C@@H](OC(=O)Nc1cnoc1-c1ccc(Br)cc1)c1ccccc1. The number of ether oxygens (including phenoxy) is 1. The number of carbonyl (C=O) groups is 1. The van der Waals surface area contributed by atoms with Gasteiger partial charge in [-0.1, -0.05) is 51.4 Å². The van der Waals surface area contributed by atoms with Gasteiger partial charge in [0, 0.05) is 10.0 Å². The van der Waals surface area contributed by atoms with E-state index >= 15 is 0 Å². The Bertz CT molecular complexity index is 816. The van der Waals surface area contributed by atoms with Gasteiger partial charge in [-0.2, -0.15) is 0 Å². The molecule has 0 radical (unpaired) electrons. The molecule has 0 saturated heterocycles. The van der Waals surface area contributed by atoms with Crippen LogP contribution in [0, 0.1) is 0 Å². The number of amides is 1. The number of aromatic nitrogens is 1. The Balaban J connectivity index is 1.69. The summed E-state index contributed by atoms with van der Waals surface area (Å²) >= 11 is 3.38. The largest absolute Gasteiger partial charge is 0.441 e. The summed E-state index contributed by atoms with van der Waals surface area (Å²) in [5.41, 5.74) is 2.19. The number of rotatable bonds is 4. The van der Waals surface area contributed by atoms with Crippen LogP contribution in [0.1, 0.15) is 18.6 Å². The van der Waals surface area contributed by atoms with Gasteiger partial charge in [-0.25, -0.2) is 4.79 Å². The van der Waals surface area contributed by atoms with Crippen LogP contribution in [0.3, 0.4) is 0 Å². The third-order valence-corrected chi connectivity index (χ3v) is 4.00. The Labute approximate surface area is 147 Å². The van der Waals surface area contributed by atoms with Crippen molar-refractivity contribution in [1.29, 1.82) is 0 Å². The maximum Gasteiger partial charge on any atom is 0.412 e. The molecule has 5 nitrogen and oxygen atoms in total. The van der Waals surface area contributed by atoms with E-state index in [0.29, 0.717) is 11.4 Å². The average molecular weight is 387 g/mol. The number of nitrogens with one attached hydrogen (secondary N) is 1. The summed E-state index contributed by atoms with van der Waals surface area (Å²) in [6, 6.07) is 17.0. The van der Waals surface area contributed by atoms with Gasteiger partial charge in [-0.3, -0.25) is 5.32 Å². The molecule has 0 unspecified atom stereocenters. The summed E-state index contributed by atoms with van der Waals surface area (Å²) in [5.74, 6) is 0.479. The molecule has 1 heterocycles. The van der Waals surface area contributed by atoms with E-state index in [9.17, 15) is 4.79 Å². The van der Waals surface area contributed by atoms with Crippen LogP contribution in [0.5, 0.6) is 0 Å². The van der Waals surface area contributed by atoms with Crippen LogP contribution in [-0.2, 0) is 4.74 Å². The average Bonchev–Trinajstić information content (AvgIpc) is 3.04. The fraction of sp³-hybridized carbons (Fsp3) is 0.111. The summed E-state index contributed by atoms with van der Waals surface area (Å²) in [6.45, 7) is 1.82. The van der Waals surface area contributed by atoms with Crippen LogP contribution in [0.25, 0.3) is 11.3 Å². The molecule has 0 saturated carbocycles. The van der Waals surface area contributed by atoms with Crippen molar-refractivity contribution >= 4 is 27.7 Å². The lowest BCUT2D eigenvalue weighted by atomic mass is 10.1. The molecule has 1 aromatic heterocycles. The normalized spacial score (nSPS) is 11.8. The zero-order valence-electron chi connectivity index (χ0n) is 12.9. The number of halogens is 1. The molecule has 6 heteroatoms. The fourth-order valence-electron chi connectivity index (χ4n) is 2.23. The summed E-state index contributed by atoms with van der Waals surface area (Å²) in [6.07, 6.45) is 0.529. The number of benzene rings is 2. The minimum Gasteiger partial charge on any atom is -0.441 e. The third kappa shape index (κ3) is 3.83. The molecule has 0 spiro atoms. The summed E-state index contributed by atoms with van der Waals surface area (Å²) in [7, 11) is 0. The lowest BCUT2D eigenvalue weighted by Gasteiger charge is -2.13. The van der Waals surface area contributed by atoms with E-state index in [-0.39, 0.29) is 6.10 Å². The van der Waals surface area contributed by atoms with Gasteiger partial charge in [0.1, 0.15) is 11.8 Å². The predicted octanol–water partition coefficient (Wildman–Crippen LogP) is 5.41. The first-order valence-corrected chi connectivity index (χ1v) is 8.16. The molecule has 2 aromatic carbocycles.